The topological polar surface area (TPSA) is 51.0 Å². The Morgan fingerprint density at radius 1 is 1.35 bits per heavy atom. The van der Waals surface area contributed by atoms with Crippen LogP contribution in [0.2, 0.25) is 0 Å². The molecule has 1 aromatic heterocycles. The summed E-state index contributed by atoms with van der Waals surface area (Å²) < 4.78 is 5.48. The SMILES string of the molecule is CC1CCC(Nc2nnc(CCCl)o2)C(C)C1. The Hall–Kier alpha value is -0.770. The summed E-state index contributed by atoms with van der Waals surface area (Å²) in [4.78, 5) is 0. The van der Waals surface area contributed by atoms with Crippen LogP contribution in [0.1, 0.15) is 39.0 Å². The predicted octanol–water partition coefficient (Wildman–Crippen LogP) is 3.09. The first-order chi connectivity index (χ1) is 8.19. The quantitative estimate of drug-likeness (QED) is 0.843. The number of rotatable bonds is 4. The number of nitrogens with zero attached hydrogens (tertiary/aromatic N) is 2. The van der Waals surface area contributed by atoms with E-state index < -0.39 is 0 Å². The van der Waals surface area contributed by atoms with E-state index in [4.69, 9.17) is 16.0 Å². The van der Waals surface area contributed by atoms with Crippen molar-refractivity contribution in [3.8, 4) is 0 Å². The molecule has 3 atom stereocenters. The third-order valence-electron chi connectivity index (χ3n) is 3.52. The summed E-state index contributed by atoms with van der Waals surface area (Å²) in [5.74, 6) is 2.61. The van der Waals surface area contributed by atoms with Crippen LogP contribution >= 0.6 is 11.6 Å². The lowest BCUT2D eigenvalue weighted by molar-refractivity contribution is 0.273. The molecular weight excluding hydrogens is 238 g/mol. The van der Waals surface area contributed by atoms with Gasteiger partial charge in [-0.25, -0.2) is 0 Å². The van der Waals surface area contributed by atoms with E-state index in [0.29, 0.717) is 36.2 Å². The van der Waals surface area contributed by atoms with E-state index in [9.17, 15) is 0 Å². The molecule has 4 nitrogen and oxygen atoms in total. The highest BCUT2D eigenvalue weighted by Gasteiger charge is 2.26. The van der Waals surface area contributed by atoms with Crippen molar-refractivity contribution in [2.75, 3.05) is 11.2 Å². The summed E-state index contributed by atoms with van der Waals surface area (Å²) in [6, 6.07) is 0.993. The number of alkyl halides is 1. The van der Waals surface area contributed by atoms with Crippen molar-refractivity contribution in [1.29, 1.82) is 0 Å². The van der Waals surface area contributed by atoms with Crippen LogP contribution in [0.3, 0.4) is 0 Å². The number of nitrogens with one attached hydrogen (secondary N) is 1. The number of aromatic nitrogens is 2. The Bertz CT molecular complexity index is 355. The molecular formula is C12H20ClN3O. The van der Waals surface area contributed by atoms with Gasteiger partial charge in [-0.15, -0.1) is 16.7 Å². The van der Waals surface area contributed by atoms with Gasteiger partial charge in [-0.1, -0.05) is 18.9 Å². The first-order valence-electron chi connectivity index (χ1n) is 6.34. The summed E-state index contributed by atoms with van der Waals surface area (Å²) in [5, 5.41) is 11.3. The van der Waals surface area contributed by atoms with E-state index in [1.165, 1.54) is 19.3 Å². The fourth-order valence-electron chi connectivity index (χ4n) is 2.53. The maximum Gasteiger partial charge on any atom is 0.315 e. The lowest BCUT2D eigenvalue weighted by Gasteiger charge is -2.32. The number of halogens is 1. The highest BCUT2D eigenvalue weighted by atomic mass is 35.5. The first-order valence-corrected chi connectivity index (χ1v) is 6.87. The van der Waals surface area contributed by atoms with Gasteiger partial charge in [0, 0.05) is 18.3 Å². The zero-order valence-electron chi connectivity index (χ0n) is 10.4. The number of hydrogen-bond donors (Lipinski definition) is 1. The molecule has 0 spiro atoms. The molecule has 1 fully saturated rings. The fraction of sp³-hybridized carbons (Fsp3) is 0.833. The molecule has 0 saturated heterocycles. The van der Waals surface area contributed by atoms with E-state index >= 15 is 0 Å². The molecule has 17 heavy (non-hydrogen) atoms. The van der Waals surface area contributed by atoms with Gasteiger partial charge in [0.25, 0.3) is 0 Å². The molecule has 96 valence electrons. The monoisotopic (exact) mass is 257 g/mol. The van der Waals surface area contributed by atoms with Crippen molar-refractivity contribution in [1.82, 2.24) is 10.2 Å². The molecule has 0 aliphatic heterocycles. The third kappa shape index (κ3) is 3.35. The number of aryl methyl sites for hydroxylation is 1. The van der Waals surface area contributed by atoms with Gasteiger partial charge < -0.3 is 9.73 Å². The van der Waals surface area contributed by atoms with Gasteiger partial charge in [0.15, 0.2) is 0 Å². The highest BCUT2D eigenvalue weighted by Crippen LogP contribution is 2.30. The van der Waals surface area contributed by atoms with Crippen LogP contribution in [-0.4, -0.2) is 22.1 Å². The second kappa shape index (κ2) is 5.71. The Balaban J connectivity index is 1.91. The number of hydrogen-bond acceptors (Lipinski definition) is 4. The summed E-state index contributed by atoms with van der Waals surface area (Å²) >= 11 is 5.63. The molecule has 3 unspecified atom stereocenters. The molecule has 0 amide bonds. The summed E-state index contributed by atoms with van der Waals surface area (Å²) in [6.07, 6.45) is 4.34. The largest absolute Gasteiger partial charge is 0.408 e. The van der Waals surface area contributed by atoms with Gasteiger partial charge in [-0.05, 0) is 31.1 Å². The lowest BCUT2D eigenvalue weighted by atomic mass is 9.80. The summed E-state index contributed by atoms with van der Waals surface area (Å²) in [7, 11) is 0. The zero-order valence-corrected chi connectivity index (χ0v) is 11.2. The second-order valence-electron chi connectivity index (χ2n) is 5.09. The second-order valence-corrected chi connectivity index (χ2v) is 5.46. The van der Waals surface area contributed by atoms with Crippen LogP contribution in [0.25, 0.3) is 0 Å². The van der Waals surface area contributed by atoms with E-state index in [1.807, 2.05) is 0 Å². The van der Waals surface area contributed by atoms with Crippen LogP contribution in [-0.2, 0) is 6.42 Å². The van der Waals surface area contributed by atoms with Gasteiger partial charge in [-0.3, -0.25) is 0 Å². The molecule has 1 heterocycles. The van der Waals surface area contributed by atoms with E-state index in [1.54, 1.807) is 0 Å². The van der Waals surface area contributed by atoms with Crippen LogP contribution in [0.15, 0.2) is 4.42 Å². The minimum Gasteiger partial charge on any atom is -0.408 e. The van der Waals surface area contributed by atoms with Crippen LogP contribution in [0.4, 0.5) is 6.01 Å². The van der Waals surface area contributed by atoms with Crippen molar-refractivity contribution < 1.29 is 4.42 Å². The molecule has 1 aliphatic rings. The van der Waals surface area contributed by atoms with Gasteiger partial charge in [0.2, 0.25) is 5.89 Å². The van der Waals surface area contributed by atoms with Gasteiger partial charge in [0.05, 0.1) is 0 Å². The maximum absolute atomic E-state index is 5.63. The Labute approximate surface area is 107 Å². The average Bonchev–Trinajstić information content (AvgIpc) is 2.71. The first kappa shape index (κ1) is 12.7. The van der Waals surface area contributed by atoms with Crippen LogP contribution in [0, 0.1) is 11.8 Å². The van der Waals surface area contributed by atoms with Crippen molar-refractivity contribution in [3.05, 3.63) is 5.89 Å². The van der Waals surface area contributed by atoms with Gasteiger partial charge in [-0.2, -0.15) is 0 Å². The lowest BCUT2D eigenvalue weighted by Crippen LogP contribution is -2.33. The Morgan fingerprint density at radius 3 is 2.88 bits per heavy atom. The van der Waals surface area contributed by atoms with Gasteiger partial charge in [0.1, 0.15) is 0 Å². The molecule has 0 radical (unpaired) electrons. The fourth-order valence-corrected chi connectivity index (χ4v) is 2.69. The number of anilines is 1. The standard InChI is InChI=1S/C12H20ClN3O/c1-8-3-4-10(9(2)7-8)14-12-16-15-11(17-12)5-6-13/h8-10H,3-7H2,1-2H3,(H,14,16). The molecule has 1 saturated carbocycles. The highest BCUT2D eigenvalue weighted by molar-refractivity contribution is 6.17. The molecule has 0 aromatic carbocycles. The predicted molar refractivity (Wildman–Crippen MR) is 68.3 cm³/mol. The minimum atomic E-state index is 0.454. The summed E-state index contributed by atoms with van der Waals surface area (Å²) in [6.45, 7) is 4.60. The van der Waals surface area contributed by atoms with Crippen LogP contribution in [0.5, 0.6) is 0 Å². The van der Waals surface area contributed by atoms with Crippen molar-refractivity contribution >= 4 is 17.6 Å². The molecule has 1 aliphatic carbocycles. The Kier molecular flexibility index (Phi) is 4.26. The molecule has 1 N–H and O–H groups in total. The average molecular weight is 258 g/mol. The summed E-state index contributed by atoms with van der Waals surface area (Å²) in [5.41, 5.74) is 0. The molecule has 2 rings (SSSR count). The van der Waals surface area contributed by atoms with Crippen molar-refractivity contribution in [3.63, 3.8) is 0 Å². The molecule has 5 heteroatoms. The molecule has 0 bridgehead atoms. The third-order valence-corrected chi connectivity index (χ3v) is 3.70. The minimum absolute atomic E-state index is 0.454. The van der Waals surface area contributed by atoms with Crippen molar-refractivity contribution in [2.24, 2.45) is 11.8 Å². The normalized spacial score (nSPS) is 29.2. The van der Waals surface area contributed by atoms with Crippen LogP contribution < -0.4 is 5.32 Å². The van der Waals surface area contributed by atoms with E-state index in [0.717, 1.165) is 5.92 Å². The zero-order chi connectivity index (χ0) is 12.3. The van der Waals surface area contributed by atoms with E-state index in [-0.39, 0.29) is 0 Å². The Morgan fingerprint density at radius 2 is 2.18 bits per heavy atom. The van der Waals surface area contributed by atoms with Gasteiger partial charge >= 0.3 is 6.01 Å². The molecule has 1 aromatic rings. The smallest absolute Gasteiger partial charge is 0.315 e. The van der Waals surface area contributed by atoms with E-state index in [2.05, 4.69) is 29.4 Å². The van der Waals surface area contributed by atoms with Crippen molar-refractivity contribution in [2.45, 2.75) is 45.6 Å². The maximum atomic E-state index is 5.63.